The van der Waals surface area contributed by atoms with E-state index in [4.69, 9.17) is 0 Å². The first-order chi connectivity index (χ1) is 6.18. The highest BCUT2D eigenvalue weighted by molar-refractivity contribution is 7.17. The maximum absolute atomic E-state index is 13.0. The Morgan fingerprint density at radius 3 is 2.85 bits per heavy atom. The summed E-state index contributed by atoms with van der Waals surface area (Å²) in [6.45, 7) is 3.65. The van der Waals surface area contributed by atoms with Gasteiger partial charge in [0, 0.05) is 4.70 Å². The van der Waals surface area contributed by atoms with Gasteiger partial charge in [0.1, 0.15) is 6.17 Å². The van der Waals surface area contributed by atoms with Gasteiger partial charge in [-0.25, -0.2) is 4.39 Å². The summed E-state index contributed by atoms with van der Waals surface area (Å²) in [5.41, 5.74) is 2.05. The van der Waals surface area contributed by atoms with Crippen LogP contribution in [-0.4, -0.2) is 0 Å². The van der Waals surface area contributed by atoms with Crippen LogP contribution in [0.4, 0.5) is 4.39 Å². The third-order valence-corrected chi connectivity index (χ3v) is 3.32. The Balaban J connectivity index is 2.63. The second kappa shape index (κ2) is 3.11. The lowest BCUT2D eigenvalue weighted by molar-refractivity contribution is 0.374. The Labute approximate surface area is 81.0 Å². The molecule has 0 spiro atoms. The minimum Gasteiger partial charge on any atom is -0.243 e. The molecule has 0 fully saturated rings. The zero-order chi connectivity index (χ0) is 9.42. The molecule has 13 heavy (non-hydrogen) atoms. The van der Waals surface area contributed by atoms with Crippen LogP contribution in [0.5, 0.6) is 0 Å². The van der Waals surface area contributed by atoms with Gasteiger partial charge < -0.3 is 0 Å². The van der Waals surface area contributed by atoms with Crippen molar-refractivity contribution in [3.8, 4) is 0 Å². The van der Waals surface area contributed by atoms with E-state index in [1.54, 1.807) is 18.3 Å². The fourth-order valence-electron chi connectivity index (χ4n) is 1.42. The van der Waals surface area contributed by atoms with Gasteiger partial charge in [-0.05, 0) is 41.8 Å². The first kappa shape index (κ1) is 8.70. The maximum atomic E-state index is 13.0. The standard InChI is InChI=1S/C11H11FS/c1-7-6-13-11-5-9(8(2)12)3-4-10(7)11/h3-6,8H,1-2H3/t8-/m0/s1. The molecular weight excluding hydrogens is 183 g/mol. The average molecular weight is 194 g/mol. The molecule has 0 nitrogen and oxygen atoms in total. The van der Waals surface area contributed by atoms with E-state index in [0.717, 1.165) is 5.56 Å². The zero-order valence-corrected chi connectivity index (χ0v) is 8.49. The number of hydrogen-bond donors (Lipinski definition) is 0. The monoisotopic (exact) mass is 194 g/mol. The van der Waals surface area contributed by atoms with Crippen molar-refractivity contribution < 1.29 is 4.39 Å². The van der Waals surface area contributed by atoms with Crippen LogP contribution in [-0.2, 0) is 0 Å². The quantitative estimate of drug-likeness (QED) is 0.637. The van der Waals surface area contributed by atoms with Crippen molar-refractivity contribution in [3.05, 3.63) is 34.7 Å². The number of halogens is 1. The van der Waals surface area contributed by atoms with Crippen LogP contribution >= 0.6 is 11.3 Å². The van der Waals surface area contributed by atoms with Crippen molar-refractivity contribution in [3.63, 3.8) is 0 Å². The van der Waals surface area contributed by atoms with Crippen LogP contribution in [0.25, 0.3) is 10.1 Å². The molecule has 0 radical (unpaired) electrons. The predicted molar refractivity (Wildman–Crippen MR) is 56.1 cm³/mol. The number of benzene rings is 1. The van der Waals surface area contributed by atoms with Gasteiger partial charge in [-0.1, -0.05) is 12.1 Å². The smallest absolute Gasteiger partial charge is 0.122 e. The number of thiophene rings is 1. The van der Waals surface area contributed by atoms with Crippen molar-refractivity contribution in [1.29, 1.82) is 0 Å². The van der Waals surface area contributed by atoms with E-state index in [0.29, 0.717) is 0 Å². The number of hydrogen-bond acceptors (Lipinski definition) is 1. The van der Waals surface area contributed by atoms with Crippen molar-refractivity contribution in [2.75, 3.05) is 0 Å². The first-order valence-corrected chi connectivity index (χ1v) is 5.18. The van der Waals surface area contributed by atoms with Crippen LogP contribution in [0.3, 0.4) is 0 Å². The third-order valence-electron chi connectivity index (χ3n) is 2.25. The van der Waals surface area contributed by atoms with Crippen LogP contribution < -0.4 is 0 Å². The van der Waals surface area contributed by atoms with Crippen molar-refractivity contribution >= 4 is 21.4 Å². The summed E-state index contributed by atoms with van der Waals surface area (Å²) < 4.78 is 14.2. The molecule has 0 aliphatic carbocycles. The molecule has 2 heteroatoms. The molecule has 2 rings (SSSR count). The van der Waals surface area contributed by atoms with E-state index in [9.17, 15) is 4.39 Å². The summed E-state index contributed by atoms with van der Waals surface area (Å²) in [4.78, 5) is 0. The number of alkyl halides is 1. The van der Waals surface area contributed by atoms with Crippen LogP contribution in [0.15, 0.2) is 23.6 Å². The number of rotatable bonds is 1. The fraction of sp³-hybridized carbons (Fsp3) is 0.273. The lowest BCUT2D eigenvalue weighted by Gasteiger charge is -2.01. The minimum absolute atomic E-state index is 0.773. The molecule has 0 aliphatic heterocycles. The van der Waals surface area contributed by atoms with E-state index >= 15 is 0 Å². The molecule has 0 aliphatic rings. The molecule has 0 N–H and O–H groups in total. The molecule has 0 saturated heterocycles. The summed E-state index contributed by atoms with van der Waals surface area (Å²) in [5, 5.41) is 3.35. The summed E-state index contributed by atoms with van der Waals surface area (Å²) in [6.07, 6.45) is -0.869. The number of aryl methyl sites for hydroxylation is 1. The molecule has 1 aromatic heterocycles. The maximum Gasteiger partial charge on any atom is 0.122 e. The highest BCUT2D eigenvalue weighted by Gasteiger charge is 2.05. The third kappa shape index (κ3) is 1.46. The summed E-state index contributed by atoms with van der Waals surface area (Å²) in [6, 6.07) is 5.82. The first-order valence-electron chi connectivity index (χ1n) is 4.30. The highest BCUT2D eigenvalue weighted by Crippen LogP contribution is 2.28. The Morgan fingerprint density at radius 2 is 2.15 bits per heavy atom. The topological polar surface area (TPSA) is 0 Å². The van der Waals surface area contributed by atoms with E-state index in [1.165, 1.54) is 15.6 Å². The molecule has 0 bridgehead atoms. The summed E-state index contributed by atoms with van der Waals surface area (Å²) >= 11 is 1.68. The molecule has 0 amide bonds. The Bertz CT molecular complexity index is 429. The second-order valence-electron chi connectivity index (χ2n) is 3.29. The van der Waals surface area contributed by atoms with Gasteiger partial charge in [0.05, 0.1) is 0 Å². The molecule has 68 valence electrons. The SMILES string of the molecule is Cc1csc2cc([C@H](C)F)ccc12. The molecular formula is C11H11FS. The molecule has 1 aromatic carbocycles. The van der Waals surface area contributed by atoms with Gasteiger partial charge in [-0.2, -0.15) is 0 Å². The van der Waals surface area contributed by atoms with Crippen LogP contribution in [0, 0.1) is 6.92 Å². The van der Waals surface area contributed by atoms with Crippen LogP contribution in [0.2, 0.25) is 0 Å². The van der Waals surface area contributed by atoms with Gasteiger partial charge >= 0.3 is 0 Å². The van der Waals surface area contributed by atoms with E-state index in [-0.39, 0.29) is 0 Å². The molecule has 1 heterocycles. The fourth-order valence-corrected chi connectivity index (χ4v) is 2.42. The average Bonchev–Trinajstić information content (AvgIpc) is 2.47. The molecule has 0 saturated carbocycles. The predicted octanol–water partition coefficient (Wildman–Crippen LogP) is 4.24. The minimum atomic E-state index is -0.869. The summed E-state index contributed by atoms with van der Waals surface area (Å²) in [7, 11) is 0. The normalized spacial score (nSPS) is 13.5. The molecule has 0 unspecified atom stereocenters. The van der Waals surface area contributed by atoms with E-state index in [1.807, 2.05) is 18.2 Å². The van der Waals surface area contributed by atoms with Gasteiger partial charge in [-0.3, -0.25) is 0 Å². The highest BCUT2D eigenvalue weighted by atomic mass is 32.1. The van der Waals surface area contributed by atoms with Crippen molar-refractivity contribution in [2.45, 2.75) is 20.0 Å². The Kier molecular flexibility index (Phi) is 2.08. The lowest BCUT2D eigenvalue weighted by Crippen LogP contribution is -1.83. The Morgan fingerprint density at radius 1 is 1.38 bits per heavy atom. The zero-order valence-electron chi connectivity index (χ0n) is 7.67. The van der Waals surface area contributed by atoms with Gasteiger partial charge in [0.2, 0.25) is 0 Å². The van der Waals surface area contributed by atoms with Gasteiger partial charge in [0.25, 0.3) is 0 Å². The van der Waals surface area contributed by atoms with Crippen molar-refractivity contribution in [2.24, 2.45) is 0 Å². The van der Waals surface area contributed by atoms with E-state index in [2.05, 4.69) is 12.3 Å². The Hall–Kier alpha value is -0.890. The van der Waals surface area contributed by atoms with Crippen molar-refractivity contribution in [1.82, 2.24) is 0 Å². The molecule has 2 aromatic rings. The second-order valence-corrected chi connectivity index (χ2v) is 4.20. The van der Waals surface area contributed by atoms with Gasteiger partial charge in [-0.15, -0.1) is 11.3 Å². The summed E-state index contributed by atoms with van der Waals surface area (Å²) in [5.74, 6) is 0. The van der Waals surface area contributed by atoms with E-state index < -0.39 is 6.17 Å². The largest absolute Gasteiger partial charge is 0.243 e. The molecule has 1 atom stereocenters. The lowest BCUT2D eigenvalue weighted by atomic mass is 10.1. The van der Waals surface area contributed by atoms with Crippen LogP contribution in [0.1, 0.15) is 24.2 Å². The van der Waals surface area contributed by atoms with Gasteiger partial charge in [0.15, 0.2) is 0 Å². The number of fused-ring (bicyclic) bond motifs is 1.